The predicted octanol–water partition coefficient (Wildman–Crippen LogP) is 0.129. The van der Waals surface area contributed by atoms with Crippen molar-refractivity contribution in [1.29, 1.82) is 0 Å². The van der Waals surface area contributed by atoms with E-state index in [2.05, 4.69) is 12.2 Å². The average molecular weight is 150 g/mol. The van der Waals surface area contributed by atoms with Gasteiger partial charge in [-0.25, -0.2) is 0 Å². The summed E-state index contributed by atoms with van der Waals surface area (Å²) in [5.41, 5.74) is 5.20. The summed E-state index contributed by atoms with van der Waals surface area (Å²) in [6.45, 7) is 2.55. The molecular weight excluding hydrogens is 136 g/mol. The number of hydrogen-bond acceptors (Lipinski definition) is 3. The van der Waals surface area contributed by atoms with Crippen LogP contribution < -0.4 is 11.1 Å². The Bertz CT molecular complexity index is 111. The zero-order valence-corrected chi connectivity index (χ0v) is 6.45. The maximum Gasteiger partial charge on any atom is 0.0485 e. The number of hydrogen-bond donors (Lipinski definition) is 3. The van der Waals surface area contributed by atoms with Crippen molar-refractivity contribution in [3.63, 3.8) is 0 Å². The summed E-state index contributed by atoms with van der Waals surface area (Å²) >= 11 is 0. The van der Waals surface area contributed by atoms with E-state index in [-0.39, 0.29) is 0 Å². The highest BCUT2D eigenvalue weighted by Gasteiger charge is 2.43. The molecule has 0 aromatic heterocycles. The van der Waals surface area contributed by atoms with E-state index in [0.717, 1.165) is 11.6 Å². The molecule has 1 saturated heterocycles. The van der Waals surface area contributed by atoms with Crippen LogP contribution >= 0.6 is 10.3 Å². The normalized spacial score (nSPS) is 48.1. The van der Waals surface area contributed by atoms with Gasteiger partial charge in [0.05, 0.1) is 0 Å². The molecule has 56 valence electrons. The Balaban J connectivity index is 2.13. The second-order valence-corrected chi connectivity index (χ2v) is 5.71. The summed E-state index contributed by atoms with van der Waals surface area (Å²) in [4.78, 5) is 0. The van der Waals surface area contributed by atoms with Crippen molar-refractivity contribution in [2.24, 2.45) is 5.73 Å². The molecule has 0 bridgehead atoms. The molecule has 0 amide bonds. The molecule has 4 heteroatoms. The molecule has 2 atom stereocenters. The fourth-order valence-electron chi connectivity index (χ4n) is 0.804. The van der Waals surface area contributed by atoms with E-state index in [4.69, 9.17) is 5.73 Å². The molecule has 0 aromatic carbocycles. The third-order valence-electron chi connectivity index (χ3n) is 1.65. The highest BCUT2D eigenvalue weighted by Crippen LogP contribution is 2.63. The lowest BCUT2D eigenvalue weighted by molar-refractivity contribution is 0.632. The van der Waals surface area contributed by atoms with Crippen LogP contribution in [0.2, 0.25) is 0 Å². The molecule has 1 aliphatic heterocycles. The summed E-state index contributed by atoms with van der Waals surface area (Å²) < 4.78 is 9.49. The quantitative estimate of drug-likeness (QED) is 0.396. The van der Waals surface area contributed by atoms with Crippen LogP contribution in [0.1, 0.15) is 6.92 Å². The van der Waals surface area contributed by atoms with Crippen molar-refractivity contribution < 1.29 is 4.55 Å². The minimum atomic E-state index is -1.21. The Labute approximate surface area is 57.1 Å². The Morgan fingerprint density at radius 3 is 2.78 bits per heavy atom. The van der Waals surface area contributed by atoms with Crippen LogP contribution in [-0.2, 0) is 0 Å². The monoisotopic (exact) mass is 150 g/mol. The lowest BCUT2D eigenvalue weighted by Gasteiger charge is -2.13. The molecule has 1 fully saturated rings. The lowest BCUT2D eigenvalue weighted by Crippen LogP contribution is -2.24. The maximum atomic E-state index is 9.49. The minimum absolute atomic E-state index is 0.474. The largest absolute Gasteiger partial charge is 0.350 e. The Kier molecular flexibility index (Phi) is 2.00. The zero-order valence-electron chi connectivity index (χ0n) is 5.63. The Hall–Kier alpha value is 0.230. The van der Waals surface area contributed by atoms with E-state index in [1.165, 1.54) is 0 Å². The first-order chi connectivity index (χ1) is 4.19. The van der Waals surface area contributed by atoms with Gasteiger partial charge in [-0.05, 0) is 0 Å². The molecule has 0 aromatic rings. The molecule has 3 nitrogen and oxygen atoms in total. The van der Waals surface area contributed by atoms with E-state index in [0.29, 0.717) is 11.9 Å². The van der Waals surface area contributed by atoms with Crippen molar-refractivity contribution in [2.75, 3.05) is 18.3 Å². The molecule has 0 saturated carbocycles. The molecular formula is C5H14N2OS. The van der Waals surface area contributed by atoms with Gasteiger partial charge in [0.1, 0.15) is 0 Å². The SMILES string of the molecule is CC1CS1(O)CNCN. The third kappa shape index (κ3) is 1.58. The van der Waals surface area contributed by atoms with Gasteiger partial charge in [0, 0.05) is 23.5 Å². The van der Waals surface area contributed by atoms with Gasteiger partial charge >= 0.3 is 0 Å². The first kappa shape index (κ1) is 7.34. The minimum Gasteiger partial charge on any atom is -0.350 e. The zero-order chi connectivity index (χ0) is 6.91. The van der Waals surface area contributed by atoms with E-state index >= 15 is 0 Å². The maximum absolute atomic E-state index is 9.49. The predicted molar refractivity (Wildman–Crippen MR) is 41.6 cm³/mol. The van der Waals surface area contributed by atoms with Gasteiger partial charge < -0.3 is 10.3 Å². The van der Waals surface area contributed by atoms with Gasteiger partial charge in [0.25, 0.3) is 0 Å². The summed E-state index contributed by atoms with van der Waals surface area (Å²) in [7, 11) is -1.21. The topological polar surface area (TPSA) is 58.3 Å². The fraction of sp³-hybridized carbons (Fsp3) is 1.00. The molecule has 9 heavy (non-hydrogen) atoms. The van der Waals surface area contributed by atoms with E-state index in [1.807, 2.05) is 0 Å². The second-order valence-electron chi connectivity index (χ2n) is 2.48. The van der Waals surface area contributed by atoms with Crippen LogP contribution in [0, 0.1) is 0 Å². The van der Waals surface area contributed by atoms with Crippen LogP contribution in [0.25, 0.3) is 0 Å². The molecule has 4 N–H and O–H groups in total. The summed E-state index contributed by atoms with van der Waals surface area (Å²) in [5, 5.41) is 3.48. The molecule has 1 aliphatic rings. The first-order valence-corrected chi connectivity index (χ1v) is 5.09. The van der Waals surface area contributed by atoms with Gasteiger partial charge in [-0.3, -0.25) is 5.32 Å². The van der Waals surface area contributed by atoms with Crippen molar-refractivity contribution in [2.45, 2.75) is 12.2 Å². The van der Waals surface area contributed by atoms with Gasteiger partial charge in [0.2, 0.25) is 0 Å². The van der Waals surface area contributed by atoms with Gasteiger partial charge in [-0.2, -0.15) is 0 Å². The molecule has 0 spiro atoms. The summed E-state index contributed by atoms with van der Waals surface area (Å²) in [5.74, 6) is 1.73. The van der Waals surface area contributed by atoms with Crippen LogP contribution in [0.5, 0.6) is 0 Å². The van der Waals surface area contributed by atoms with Gasteiger partial charge in [-0.1, -0.05) is 6.92 Å². The average Bonchev–Trinajstić information content (AvgIpc) is 2.38. The lowest BCUT2D eigenvalue weighted by atomic mass is 10.6. The van der Waals surface area contributed by atoms with Gasteiger partial charge in [-0.15, -0.1) is 10.3 Å². The number of nitrogens with one attached hydrogen (secondary N) is 1. The summed E-state index contributed by atoms with van der Waals surface area (Å²) in [6, 6.07) is 0. The van der Waals surface area contributed by atoms with E-state index in [9.17, 15) is 4.55 Å². The van der Waals surface area contributed by atoms with Crippen molar-refractivity contribution >= 4 is 10.3 Å². The molecule has 1 heterocycles. The molecule has 2 unspecified atom stereocenters. The van der Waals surface area contributed by atoms with Crippen LogP contribution in [0.15, 0.2) is 0 Å². The van der Waals surface area contributed by atoms with Gasteiger partial charge in [0.15, 0.2) is 0 Å². The van der Waals surface area contributed by atoms with Crippen molar-refractivity contribution in [1.82, 2.24) is 5.32 Å². The van der Waals surface area contributed by atoms with Crippen LogP contribution in [0.4, 0.5) is 0 Å². The highest BCUT2D eigenvalue weighted by atomic mass is 32.3. The molecule has 0 aliphatic carbocycles. The van der Waals surface area contributed by atoms with E-state index in [1.54, 1.807) is 0 Å². The second kappa shape index (κ2) is 2.46. The molecule has 0 radical (unpaired) electrons. The van der Waals surface area contributed by atoms with Crippen molar-refractivity contribution in [3.8, 4) is 0 Å². The van der Waals surface area contributed by atoms with E-state index < -0.39 is 10.3 Å². The molecule has 1 rings (SSSR count). The van der Waals surface area contributed by atoms with Crippen LogP contribution in [0.3, 0.4) is 0 Å². The Morgan fingerprint density at radius 2 is 2.44 bits per heavy atom. The van der Waals surface area contributed by atoms with Crippen molar-refractivity contribution in [3.05, 3.63) is 0 Å². The standard InChI is InChI=1S/C5H14N2OS/c1-5-2-9(5,8)4-7-3-6/h5,7-8H,2-4,6H2,1H3. The van der Waals surface area contributed by atoms with Crippen LogP contribution in [-0.4, -0.2) is 28.1 Å². The fourth-order valence-corrected chi connectivity index (χ4v) is 2.88. The third-order valence-corrected chi connectivity index (χ3v) is 4.67. The highest BCUT2D eigenvalue weighted by molar-refractivity contribution is 8.35. The first-order valence-electron chi connectivity index (χ1n) is 3.10. The smallest absolute Gasteiger partial charge is 0.0485 e. The number of rotatable bonds is 3. The summed E-state index contributed by atoms with van der Waals surface area (Å²) in [6.07, 6.45) is 0. The number of nitrogens with two attached hydrogens (primary N) is 1. The Morgan fingerprint density at radius 1 is 1.89 bits per heavy atom.